The van der Waals surface area contributed by atoms with Gasteiger partial charge in [0.2, 0.25) is 0 Å². The summed E-state index contributed by atoms with van der Waals surface area (Å²) in [5.74, 6) is 1.65. The molecule has 0 aromatic heterocycles. The number of unbranched alkanes of at least 4 members (excludes halogenated alkanes) is 9. The number of carbonyl (C=O) groups is 1. The Hall–Kier alpha value is -0.993. The highest BCUT2D eigenvalue weighted by molar-refractivity contribution is 7.99. The normalized spacial score (nSPS) is 12.1. The summed E-state index contributed by atoms with van der Waals surface area (Å²) in [7, 11) is -0.584. The number of hydrogen-bond donors (Lipinski definition) is 0. The Kier molecular flexibility index (Phi) is 27.2. The molecule has 0 heterocycles. The minimum atomic E-state index is -4.31. The molecular weight excluding hydrogens is 655 g/mol. The smallest absolute Gasteiger partial charge is 0.500 e. The molecule has 0 unspecified atom stereocenters. The Labute approximate surface area is 293 Å². The number of ether oxygens (including phenoxy) is 1. The highest BCUT2D eigenvalue weighted by Crippen LogP contribution is 2.20. The standard InChI is InChI=1S/C18H30O3S.C17H38NO5SSi/c1-2-3-4-5-6-7-8-9-10-11-12-17-13-15-18(16-14-17)22(19,20)21;1-7-21-25(22-8-2,23-9-3)16-10-14-24-15-11-17(19)20-13-12-18(4,5)6/h13-16H,2-12H2,1H3,(H,19,20,21);7-16H2,1-6H3/q;+1/p-1. The van der Waals surface area contributed by atoms with E-state index in [2.05, 4.69) is 28.1 Å². The van der Waals surface area contributed by atoms with Gasteiger partial charge in [0.1, 0.15) is 23.3 Å². The molecule has 47 heavy (non-hydrogen) atoms. The zero-order chi connectivity index (χ0) is 35.4. The third-order valence-electron chi connectivity index (χ3n) is 7.37. The number of thioether (sulfide) groups is 1. The van der Waals surface area contributed by atoms with Gasteiger partial charge in [-0.2, -0.15) is 11.8 Å². The van der Waals surface area contributed by atoms with Gasteiger partial charge in [0.15, 0.2) is 0 Å². The van der Waals surface area contributed by atoms with E-state index < -0.39 is 18.9 Å². The fraction of sp³-hybridized carbons (Fsp3) is 0.800. The van der Waals surface area contributed by atoms with Crippen LogP contribution in [0.5, 0.6) is 0 Å². The third kappa shape index (κ3) is 26.5. The minimum Gasteiger partial charge on any atom is -0.744 e. The van der Waals surface area contributed by atoms with Crippen molar-refractivity contribution in [3.05, 3.63) is 29.8 Å². The van der Waals surface area contributed by atoms with Crippen LogP contribution in [0.2, 0.25) is 6.04 Å². The summed E-state index contributed by atoms with van der Waals surface area (Å²) >= 11 is 1.77. The molecule has 0 fully saturated rings. The van der Waals surface area contributed by atoms with Gasteiger partial charge in [-0.1, -0.05) is 76.8 Å². The van der Waals surface area contributed by atoms with Gasteiger partial charge in [-0.05, 0) is 63.5 Å². The van der Waals surface area contributed by atoms with Crippen LogP contribution < -0.4 is 0 Å². The molecule has 0 atom stereocenters. The Bertz CT molecular complexity index is 987. The number of rotatable bonds is 28. The second-order valence-electron chi connectivity index (χ2n) is 12.7. The van der Waals surface area contributed by atoms with E-state index >= 15 is 0 Å². The Morgan fingerprint density at radius 3 is 1.74 bits per heavy atom. The summed E-state index contributed by atoms with van der Waals surface area (Å²) in [6.45, 7) is 11.3. The molecule has 12 heteroatoms. The number of carbonyl (C=O) groups excluding carboxylic acids is 1. The van der Waals surface area contributed by atoms with E-state index in [1.165, 1.54) is 69.9 Å². The average molecular weight is 722 g/mol. The number of aryl methyl sites for hydroxylation is 1. The van der Waals surface area contributed by atoms with Crippen molar-refractivity contribution in [3.8, 4) is 0 Å². The van der Waals surface area contributed by atoms with Crippen LogP contribution in [0.4, 0.5) is 0 Å². The van der Waals surface area contributed by atoms with Crippen molar-refractivity contribution < 1.29 is 40.3 Å². The van der Waals surface area contributed by atoms with Crippen LogP contribution in [0.3, 0.4) is 0 Å². The van der Waals surface area contributed by atoms with Crippen LogP contribution in [0.1, 0.15) is 110 Å². The number of nitrogens with zero attached hydrogens (tertiary/aromatic N) is 1. The first-order valence-electron chi connectivity index (χ1n) is 17.8. The third-order valence-corrected chi connectivity index (χ3v) is 12.4. The van der Waals surface area contributed by atoms with Crippen LogP contribution in [0.25, 0.3) is 0 Å². The SMILES string of the molecule is CCCCCCCCCCCCc1ccc(S(=O)(=O)[O-])cc1.CCO[Si](CCCSCCC(=O)OCC[N+](C)(C)C)(OCC)OCC. The van der Waals surface area contributed by atoms with Crippen molar-refractivity contribution in [2.75, 3.05) is 65.6 Å². The highest BCUT2D eigenvalue weighted by Gasteiger charge is 2.39. The maximum absolute atomic E-state index is 11.7. The van der Waals surface area contributed by atoms with E-state index in [1.807, 2.05) is 20.8 Å². The lowest BCUT2D eigenvalue weighted by Crippen LogP contribution is -2.46. The van der Waals surface area contributed by atoms with Crippen molar-refractivity contribution in [1.82, 2.24) is 0 Å². The first kappa shape index (κ1) is 46.0. The molecule has 0 amide bonds. The highest BCUT2D eigenvalue weighted by atomic mass is 32.2. The van der Waals surface area contributed by atoms with Crippen LogP contribution in [-0.2, 0) is 39.3 Å². The van der Waals surface area contributed by atoms with Crippen molar-refractivity contribution >= 4 is 36.7 Å². The summed E-state index contributed by atoms with van der Waals surface area (Å²) < 4.78 is 56.1. The Morgan fingerprint density at radius 2 is 1.28 bits per heavy atom. The van der Waals surface area contributed by atoms with Crippen LogP contribution in [0.15, 0.2) is 29.2 Å². The number of likely N-dealkylation sites (N-methyl/N-ethyl adjacent to an activating group) is 1. The molecule has 0 spiro atoms. The lowest BCUT2D eigenvalue weighted by Gasteiger charge is -2.28. The van der Waals surface area contributed by atoms with E-state index in [1.54, 1.807) is 23.9 Å². The average Bonchev–Trinajstić information content (AvgIpc) is 3.00. The summed E-state index contributed by atoms with van der Waals surface area (Å²) in [6.07, 6.45) is 15.5. The molecule has 1 aromatic rings. The largest absolute Gasteiger partial charge is 0.744 e. The van der Waals surface area contributed by atoms with Crippen molar-refractivity contribution in [2.45, 2.75) is 122 Å². The van der Waals surface area contributed by atoms with Gasteiger partial charge < -0.3 is 27.1 Å². The number of benzene rings is 1. The topological polar surface area (TPSA) is 111 Å². The van der Waals surface area contributed by atoms with Crippen molar-refractivity contribution in [3.63, 3.8) is 0 Å². The van der Waals surface area contributed by atoms with Crippen LogP contribution >= 0.6 is 11.8 Å². The van der Waals surface area contributed by atoms with E-state index in [0.29, 0.717) is 32.8 Å². The van der Waals surface area contributed by atoms with E-state index in [4.69, 9.17) is 18.0 Å². The first-order valence-corrected chi connectivity index (χ1v) is 22.3. The monoisotopic (exact) mass is 721 g/mol. The zero-order valence-corrected chi connectivity index (χ0v) is 33.3. The molecule has 0 aliphatic carbocycles. The Balaban J connectivity index is 0.000000907. The summed E-state index contributed by atoms with van der Waals surface area (Å²) in [5.41, 5.74) is 1.10. The van der Waals surface area contributed by atoms with Gasteiger partial charge in [-0.25, -0.2) is 8.42 Å². The molecule has 276 valence electrons. The molecule has 0 aliphatic rings. The summed E-state index contributed by atoms with van der Waals surface area (Å²) in [5, 5.41) is 0. The summed E-state index contributed by atoms with van der Waals surface area (Å²) in [6, 6.07) is 7.14. The van der Waals surface area contributed by atoms with Crippen LogP contribution in [0, 0.1) is 0 Å². The summed E-state index contributed by atoms with van der Waals surface area (Å²) in [4.78, 5) is 11.5. The molecule has 0 aliphatic heterocycles. The van der Waals surface area contributed by atoms with Gasteiger partial charge in [-0.3, -0.25) is 4.79 Å². The fourth-order valence-electron chi connectivity index (χ4n) is 4.79. The maximum atomic E-state index is 11.7. The predicted molar refractivity (Wildman–Crippen MR) is 196 cm³/mol. The van der Waals surface area contributed by atoms with E-state index in [-0.39, 0.29) is 10.9 Å². The molecule has 1 rings (SSSR count). The van der Waals surface area contributed by atoms with Gasteiger partial charge in [-0.15, -0.1) is 0 Å². The van der Waals surface area contributed by atoms with Gasteiger partial charge >= 0.3 is 14.8 Å². The number of hydrogen-bond acceptors (Lipinski definition) is 9. The lowest BCUT2D eigenvalue weighted by atomic mass is 10.0. The fourth-order valence-corrected chi connectivity index (χ4v) is 9.00. The molecule has 0 bridgehead atoms. The zero-order valence-electron chi connectivity index (χ0n) is 30.7. The van der Waals surface area contributed by atoms with Crippen LogP contribution in [-0.4, -0.2) is 97.8 Å². The minimum absolute atomic E-state index is 0.109. The molecule has 0 saturated heterocycles. The van der Waals surface area contributed by atoms with Gasteiger partial charge in [0.25, 0.3) is 0 Å². The van der Waals surface area contributed by atoms with Gasteiger partial charge in [0, 0.05) is 31.6 Å². The lowest BCUT2D eigenvalue weighted by molar-refractivity contribution is -0.870. The van der Waals surface area contributed by atoms with Crippen molar-refractivity contribution in [1.29, 1.82) is 0 Å². The second-order valence-corrected chi connectivity index (χ2v) is 18.0. The van der Waals surface area contributed by atoms with E-state index in [9.17, 15) is 17.8 Å². The quantitative estimate of drug-likeness (QED) is 0.0281. The van der Waals surface area contributed by atoms with Gasteiger partial charge in [0.05, 0.1) is 32.5 Å². The molecule has 0 radical (unpaired) electrons. The number of quaternary nitrogens is 1. The molecule has 9 nitrogen and oxygen atoms in total. The molecule has 0 saturated carbocycles. The van der Waals surface area contributed by atoms with Crippen molar-refractivity contribution in [2.24, 2.45) is 0 Å². The maximum Gasteiger partial charge on any atom is 0.500 e. The Morgan fingerprint density at radius 1 is 0.766 bits per heavy atom. The second kappa shape index (κ2) is 27.8. The molecular formula is C35H67NO8S2Si. The first-order chi connectivity index (χ1) is 22.3. The number of esters is 1. The van der Waals surface area contributed by atoms with E-state index in [0.717, 1.165) is 53.4 Å². The molecule has 0 N–H and O–H groups in total. The molecule has 1 aromatic carbocycles. The predicted octanol–water partition coefficient (Wildman–Crippen LogP) is 7.85.